The van der Waals surface area contributed by atoms with Gasteiger partial charge in [-0.1, -0.05) is 30.3 Å². The molecule has 2 atom stereocenters. The van der Waals surface area contributed by atoms with E-state index in [0.717, 1.165) is 25.5 Å². The molecule has 1 aromatic carbocycles. The molecule has 40 heavy (non-hydrogen) atoms. The average molecular weight is 540 g/mol. The number of fused-ring (bicyclic) bond motifs is 1. The van der Waals surface area contributed by atoms with Crippen LogP contribution < -0.4 is 10.6 Å². The monoisotopic (exact) mass is 539 g/mol. The summed E-state index contributed by atoms with van der Waals surface area (Å²) in [5.74, 6) is -1.57. The van der Waals surface area contributed by atoms with E-state index in [2.05, 4.69) is 47.1 Å². The van der Waals surface area contributed by atoms with Gasteiger partial charge >= 0.3 is 0 Å². The maximum atomic E-state index is 16.2. The zero-order valence-electron chi connectivity index (χ0n) is 21.1. The first kappa shape index (κ1) is 25.1. The molecule has 5 aromatic rings. The molecule has 200 valence electrons. The standard InChI is InChI=1S/C28H23F2N9O/c29-16-9-19-21(13-33-26(19)32-12-16)25-20(11-31)23(15-5-2-1-3-6-15)24(30)27(37-25)35-17-7-4-8-18(10-17)36-28(40)22-14-34-39-38-22/h1-3,5-6,9,12-14,17-18H,4,7-8,10H2,(H,32,33)(H,35,37)(H,36,40)(H,34,38,39)/t17-,18+/m1/s1. The van der Waals surface area contributed by atoms with Gasteiger partial charge in [-0.15, -0.1) is 0 Å². The SMILES string of the molecule is N#Cc1c(-c2c[nH]c3ncc(F)cc23)nc(N[C@@H]2CCC[C@H](NC(=O)c3cn[nH]n3)C2)c(F)c1-c1ccccc1. The second-order valence-electron chi connectivity index (χ2n) is 9.64. The van der Waals surface area contributed by atoms with E-state index in [9.17, 15) is 14.4 Å². The lowest BCUT2D eigenvalue weighted by Gasteiger charge is -2.31. The van der Waals surface area contributed by atoms with Crippen LogP contribution in [0, 0.1) is 23.0 Å². The van der Waals surface area contributed by atoms with Gasteiger partial charge in [-0.25, -0.2) is 18.7 Å². The molecule has 1 amide bonds. The van der Waals surface area contributed by atoms with Crippen LogP contribution in [0.4, 0.5) is 14.6 Å². The molecular formula is C28H23F2N9O. The zero-order chi connectivity index (χ0) is 27.6. The lowest BCUT2D eigenvalue weighted by atomic mass is 9.90. The largest absolute Gasteiger partial charge is 0.365 e. The van der Waals surface area contributed by atoms with Crippen molar-refractivity contribution in [3.63, 3.8) is 0 Å². The summed E-state index contributed by atoms with van der Waals surface area (Å²) in [6.07, 6.45) is 6.86. The van der Waals surface area contributed by atoms with Crippen LogP contribution >= 0.6 is 0 Å². The minimum Gasteiger partial charge on any atom is -0.365 e. The summed E-state index contributed by atoms with van der Waals surface area (Å²) in [6.45, 7) is 0. The van der Waals surface area contributed by atoms with E-state index >= 15 is 4.39 Å². The number of H-pyrrole nitrogens is 2. The highest BCUT2D eigenvalue weighted by molar-refractivity contribution is 5.96. The maximum Gasteiger partial charge on any atom is 0.273 e. The molecule has 0 aliphatic heterocycles. The molecule has 1 saturated carbocycles. The molecule has 1 aliphatic rings. The zero-order valence-corrected chi connectivity index (χ0v) is 21.1. The van der Waals surface area contributed by atoms with Crippen molar-refractivity contribution in [2.24, 2.45) is 0 Å². The van der Waals surface area contributed by atoms with Crippen LogP contribution in [0.5, 0.6) is 0 Å². The van der Waals surface area contributed by atoms with Crippen molar-refractivity contribution in [3.8, 4) is 28.5 Å². The Morgan fingerprint density at radius 3 is 2.73 bits per heavy atom. The van der Waals surface area contributed by atoms with E-state index in [1.807, 2.05) is 0 Å². The summed E-state index contributed by atoms with van der Waals surface area (Å²) in [6, 6.07) is 11.8. The number of carbonyl (C=O) groups excluding carboxylic acids is 1. The Hall–Kier alpha value is -5.18. The molecule has 0 saturated heterocycles. The Morgan fingerprint density at radius 1 is 1.12 bits per heavy atom. The Labute approximate surface area is 226 Å². The molecule has 4 N–H and O–H groups in total. The smallest absolute Gasteiger partial charge is 0.273 e. The molecular weight excluding hydrogens is 516 g/mol. The molecule has 0 spiro atoms. The van der Waals surface area contributed by atoms with Gasteiger partial charge in [-0.3, -0.25) is 4.79 Å². The first-order valence-corrected chi connectivity index (χ1v) is 12.8. The van der Waals surface area contributed by atoms with Crippen LogP contribution in [-0.2, 0) is 0 Å². The van der Waals surface area contributed by atoms with E-state index < -0.39 is 11.6 Å². The fraction of sp³-hybridized carbons (Fsp3) is 0.214. The number of anilines is 1. The van der Waals surface area contributed by atoms with Crippen molar-refractivity contribution >= 4 is 22.8 Å². The number of hydrogen-bond acceptors (Lipinski definition) is 7. The summed E-state index contributed by atoms with van der Waals surface area (Å²) in [4.78, 5) is 24.1. The van der Waals surface area contributed by atoms with Crippen molar-refractivity contribution in [2.75, 3.05) is 5.32 Å². The number of aromatic amines is 2. The summed E-state index contributed by atoms with van der Waals surface area (Å²) in [5.41, 5.74) is 1.88. The highest BCUT2D eigenvalue weighted by Crippen LogP contribution is 2.39. The number of nitrogens with zero attached hydrogens (tertiary/aromatic N) is 5. The molecule has 10 nitrogen and oxygen atoms in total. The Morgan fingerprint density at radius 2 is 1.95 bits per heavy atom. The van der Waals surface area contributed by atoms with Gasteiger partial charge < -0.3 is 15.6 Å². The molecule has 0 radical (unpaired) electrons. The van der Waals surface area contributed by atoms with Gasteiger partial charge in [-0.05, 0) is 37.3 Å². The number of amides is 1. The van der Waals surface area contributed by atoms with Crippen LogP contribution in [0.15, 0.2) is 55.0 Å². The Kier molecular flexibility index (Phi) is 6.61. The third-order valence-electron chi connectivity index (χ3n) is 7.06. The molecule has 0 unspecified atom stereocenters. The van der Waals surface area contributed by atoms with E-state index in [1.165, 1.54) is 12.3 Å². The minimum atomic E-state index is -0.663. The van der Waals surface area contributed by atoms with E-state index in [0.29, 0.717) is 28.6 Å². The minimum absolute atomic E-state index is 0.0277. The normalized spacial score (nSPS) is 16.9. The van der Waals surface area contributed by atoms with Crippen LogP contribution in [0.25, 0.3) is 33.4 Å². The number of hydrogen-bond donors (Lipinski definition) is 4. The highest BCUT2D eigenvalue weighted by Gasteiger charge is 2.28. The maximum absolute atomic E-state index is 16.2. The Bertz CT molecular complexity index is 1730. The summed E-state index contributed by atoms with van der Waals surface area (Å²) in [5, 5.41) is 26.7. The van der Waals surface area contributed by atoms with Gasteiger partial charge in [0.15, 0.2) is 17.3 Å². The number of pyridine rings is 2. The number of benzene rings is 1. The Balaban J connectivity index is 1.40. The first-order chi connectivity index (χ1) is 19.5. The average Bonchev–Trinajstić information content (AvgIpc) is 3.65. The predicted octanol–water partition coefficient (Wildman–Crippen LogP) is 4.71. The van der Waals surface area contributed by atoms with Crippen LogP contribution in [0.2, 0.25) is 0 Å². The van der Waals surface area contributed by atoms with Crippen molar-refractivity contribution in [1.82, 2.24) is 35.7 Å². The number of nitriles is 1. The van der Waals surface area contributed by atoms with Gasteiger partial charge in [0, 0.05) is 34.8 Å². The lowest BCUT2D eigenvalue weighted by Crippen LogP contribution is -2.42. The third kappa shape index (κ3) is 4.73. The topological polar surface area (TPSA) is 148 Å². The molecule has 1 aliphatic carbocycles. The second kappa shape index (κ2) is 10.5. The van der Waals surface area contributed by atoms with Crippen LogP contribution in [-0.4, -0.2) is 48.4 Å². The van der Waals surface area contributed by atoms with Gasteiger partial charge in [0.2, 0.25) is 0 Å². The second-order valence-corrected chi connectivity index (χ2v) is 9.64. The van der Waals surface area contributed by atoms with Gasteiger partial charge in [0.1, 0.15) is 17.5 Å². The number of aromatic nitrogens is 6. The fourth-order valence-corrected chi connectivity index (χ4v) is 5.23. The number of halogens is 2. The number of nitrogens with one attached hydrogen (secondary N) is 4. The van der Waals surface area contributed by atoms with Crippen molar-refractivity contribution in [2.45, 2.75) is 37.8 Å². The van der Waals surface area contributed by atoms with Gasteiger partial charge in [-0.2, -0.15) is 20.7 Å². The third-order valence-corrected chi connectivity index (χ3v) is 7.06. The van der Waals surface area contributed by atoms with E-state index in [1.54, 1.807) is 36.5 Å². The van der Waals surface area contributed by atoms with Crippen molar-refractivity contribution in [3.05, 3.63) is 77.9 Å². The van der Waals surface area contributed by atoms with Crippen molar-refractivity contribution < 1.29 is 13.6 Å². The molecule has 4 aromatic heterocycles. The first-order valence-electron chi connectivity index (χ1n) is 12.8. The van der Waals surface area contributed by atoms with Gasteiger partial charge in [0.05, 0.1) is 23.7 Å². The predicted molar refractivity (Wildman–Crippen MR) is 143 cm³/mol. The van der Waals surface area contributed by atoms with Crippen molar-refractivity contribution in [1.29, 1.82) is 5.26 Å². The lowest BCUT2D eigenvalue weighted by molar-refractivity contribution is 0.0921. The number of rotatable bonds is 6. The number of carbonyl (C=O) groups is 1. The molecule has 6 rings (SSSR count). The van der Waals surface area contributed by atoms with Crippen LogP contribution in [0.1, 0.15) is 41.7 Å². The van der Waals surface area contributed by atoms with E-state index in [4.69, 9.17) is 0 Å². The highest BCUT2D eigenvalue weighted by atomic mass is 19.1. The fourth-order valence-electron chi connectivity index (χ4n) is 5.23. The summed E-state index contributed by atoms with van der Waals surface area (Å²) < 4.78 is 30.3. The quantitative estimate of drug-likeness (QED) is 0.244. The summed E-state index contributed by atoms with van der Waals surface area (Å²) >= 11 is 0. The summed E-state index contributed by atoms with van der Waals surface area (Å²) in [7, 11) is 0. The van der Waals surface area contributed by atoms with E-state index in [-0.39, 0.29) is 46.3 Å². The van der Waals surface area contributed by atoms with Crippen LogP contribution in [0.3, 0.4) is 0 Å². The molecule has 0 bridgehead atoms. The molecule has 4 heterocycles. The van der Waals surface area contributed by atoms with Gasteiger partial charge in [0.25, 0.3) is 5.91 Å². The molecule has 12 heteroatoms. The molecule has 1 fully saturated rings.